The van der Waals surface area contributed by atoms with Crippen LogP contribution in [-0.2, 0) is 15.1 Å². The van der Waals surface area contributed by atoms with Crippen LogP contribution in [0.4, 0.5) is 5.69 Å². The van der Waals surface area contributed by atoms with Gasteiger partial charge >= 0.3 is 5.97 Å². The Hall–Kier alpha value is -2.28. The highest BCUT2D eigenvalue weighted by atomic mass is 16.6. The number of carbonyl (C=O) groups excluding carboxylic acids is 1. The Morgan fingerprint density at radius 3 is 2.42 bits per heavy atom. The van der Waals surface area contributed by atoms with Crippen LogP contribution in [0.2, 0.25) is 0 Å². The Balaban J connectivity index is 3.22. The maximum atomic E-state index is 11.1. The lowest BCUT2D eigenvalue weighted by molar-refractivity contribution is -0.384. The van der Waals surface area contributed by atoms with Crippen LogP contribution in [0.5, 0.6) is 0 Å². The largest absolute Gasteiger partial charge is 0.481 e. The second-order valence-electron chi connectivity index (χ2n) is 4.28. The van der Waals surface area contributed by atoms with Crippen molar-refractivity contribution < 1.29 is 19.6 Å². The predicted octanol–water partition coefficient (Wildman–Crippen LogP) is 1.06. The van der Waals surface area contributed by atoms with Crippen LogP contribution in [-0.4, -0.2) is 22.3 Å². The van der Waals surface area contributed by atoms with Crippen molar-refractivity contribution in [1.29, 1.82) is 0 Å². The highest BCUT2D eigenvalue weighted by molar-refractivity contribution is 5.73. The molecule has 0 aliphatic carbocycles. The van der Waals surface area contributed by atoms with E-state index in [9.17, 15) is 19.7 Å². The van der Waals surface area contributed by atoms with Gasteiger partial charge in [-0.3, -0.25) is 14.9 Å². The zero-order valence-electron chi connectivity index (χ0n) is 10.3. The van der Waals surface area contributed by atoms with Crippen molar-refractivity contribution in [2.75, 3.05) is 0 Å². The summed E-state index contributed by atoms with van der Waals surface area (Å²) in [6, 6.07) is 5.22. The van der Waals surface area contributed by atoms with Gasteiger partial charge in [0.05, 0.1) is 16.4 Å². The number of nitro groups is 1. The number of aliphatic carboxylic acids is 1. The number of hydrogen-bond acceptors (Lipinski definition) is 5. The van der Waals surface area contributed by atoms with E-state index in [2.05, 4.69) is 0 Å². The van der Waals surface area contributed by atoms with Gasteiger partial charge in [0.15, 0.2) is 0 Å². The number of nitro benzene ring substituents is 1. The smallest absolute Gasteiger partial charge is 0.308 e. The fourth-order valence-corrected chi connectivity index (χ4v) is 1.80. The molecule has 0 heterocycles. The lowest BCUT2D eigenvalue weighted by Gasteiger charge is -2.31. The summed E-state index contributed by atoms with van der Waals surface area (Å²) in [5.41, 5.74) is 4.88. The van der Waals surface area contributed by atoms with Crippen molar-refractivity contribution in [3.8, 4) is 0 Å². The van der Waals surface area contributed by atoms with E-state index in [0.29, 0.717) is 11.8 Å². The number of benzene rings is 1. The van der Waals surface area contributed by atoms with E-state index in [1.807, 2.05) is 0 Å². The molecule has 1 aromatic rings. The van der Waals surface area contributed by atoms with Gasteiger partial charge in [-0.25, -0.2) is 0 Å². The lowest BCUT2D eigenvalue weighted by Crippen LogP contribution is -2.46. The molecule has 0 saturated heterocycles. The fraction of sp³-hybridized carbons (Fsp3) is 0.333. The average molecular weight is 266 g/mol. The van der Waals surface area contributed by atoms with Crippen molar-refractivity contribution in [2.24, 2.45) is 11.7 Å². The third-order valence-electron chi connectivity index (χ3n) is 3.18. The minimum Gasteiger partial charge on any atom is -0.481 e. The number of aldehydes is 1. The fourth-order valence-electron chi connectivity index (χ4n) is 1.80. The zero-order valence-corrected chi connectivity index (χ0v) is 10.3. The molecule has 0 spiro atoms. The van der Waals surface area contributed by atoms with E-state index >= 15 is 0 Å². The topological polar surface area (TPSA) is 124 Å². The van der Waals surface area contributed by atoms with Crippen molar-refractivity contribution >= 4 is 17.9 Å². The van der Waals surface area contributed by atoms with Crippen LogP contribution in [0.3, 0.4) is 0 Å². The summed E-state index contributed by atoms with van der Waals surface area (Å²) in [5.74, 6) is -2.14. The van der Waals surface area contributed by atoms with Crippen molar-refractivity contribution in [2.45, 2.75) is 18.9 Å². The zero-order chi connectivity index (χ0) is 14.6. The number of hydrogen-bond donors (Lipinski definition) is 2. The molecular formula is C12H14N2O5. The molecule has 0 bridgehead atoms. The molecule has 2 unspecified atom stereocenters. The first-order valence-corrected chi connectivity index (χ1v) is 5.53. The summed E-state index contributed by atoms with van der Waals surface area (Å²) < 4.78 is 0. The molecule has 7 heteroatoms. The average Bonchev–Trinajstić information content (AvgIpc) is 2.38. The van der Waals surface area contributed by atoms with E-state index in [1.165, 1.54) is 31.2 Å². The predicted molar refractivity (Wildman–Crippen MR) is 66.4 cm³/mol. The van der Waals surface area contributed by atoms with Gasteiger partial charge in [0.1, 0.15) is 6.29 Å². The van der Waals surface area contributed by atoms with Crippen LogP contribution in [0.1, 0.15) is 18.9 Å². The van der Waals surface area contributed by atoms with Crippen molar-refractivity contribution in [3.63, 3.8) is 0 Å². The first-order valence-electron chi connectivity index (χ1n) is 5.53. The van der Waals surface area contributed by atoms with Crippen LogP contribution in [0.25, 0.3) is 0 Å². The number of nitrogens with two attached hydrogens (primary N) is 1. The Morgan fingerprint density at radius 1 is 1.53 bits per heavy atom. The van der Waals surface area contributed by atoms with E-state index in [-0.39, 0.29) is 12.1 Å². The van der Waals surface area contributed by atoms with Crippen LogP contribution in [0, 0.1) is 16.0 Å². The normalized spacial score (nSPS) is 15.3. The molecule has 0 aliphatic rings. The van der Waals surface area contributed by atoms with Gasteiger partial charge in [0.2, 0.25) is 0 Å². The van der Waals surface area contributed by atoms with Gasteiger partial charge in [-0.2, -0.15) is 0 Å². The molecule has 0 aromatic heterocycles. The minimum absolute atomic E-state index is 0.125. The van der Waals surface area contributed by atoms with Crippen LogP contribution in [0.15, 0.2) is 24.3 Å². The highest BCUT2D eigenvalue weighted by Gasteiger charge is 2.38. The molecule has 7 nitrogen and oxygen atoms in total. The van der Waals surface area contributed by atoms with Crippen molar-refractivity contribution in [1.82, 2.24) is 0 Å². The molecule has 1 aromatic carbocycles. The molecular weight excluding hydrogens is 252 g/mol. The van der Waals surface area contributed by atoms with E-state index in [0.717, 1.165) is 0 Å². The quantitative estimate of drug-likeness (QED) is 0.450. The second-order valence-corrected chi connectivity index (χ2v) is 4.28. The molecule has 1 rings (SSSR count). The third kappa shape index (κ3) is 2.94. The van der Waals surface area contributed by atoms with Crippen LogP contribution >= 0.6 is 0 Å². The maximum absolute atomic E-state index is 11.1. The number of non-ortho nitro benzene ring substituents is 1. The molecule has 0 fully saturated rings. The summed E-state index contributed by atoms with van der Waals surface area (Å²) in [4.78, 5) is 31.8. The maximum Gasteiger partial charge on any atom is 0.308 e. The monoisotopic (exact) mass is 266 g/mol. The number of nitrogens with zero attached hydrogens (tertiary/aromatic N) is 1. The summed E-state index contributed by atoms with van der Waals surface area (Å²) in [5, 5.41) is 19.6. The second kappa shape index (κ2) is 5.57. The summed E-state index contributed by atoms with van der Waals surface area (Å²) >= 11 is 0. The Labute approximate surface area is 109 Å². The lowest BCUT2D eigenvalue weighted by atomic mass is 9.77. The Bertz CT molecular complexity index is 499. The third-order valence-corrected chi connectivity index (χ3v) is 3.18. The van der Waals surface area contributed by atoms with Gasteiger partial charge in [-0.1, -0.05) is 12.1 Å². The van der Waals surface area contributed by atoms with Crippen LogP contribution < -0.4 is 5.73 Å². The van der Waals surface area contributed by atoms with E-state index in [1.54, 1.807) is 0 Å². The molecule has 19 heavy (non-hydrogen) atoms. The highest BCUT2D eigenvalue weighted by Crippen LogP contribution is 2.31. The number of carbonyl (C=O) groups is 2. The van der Waals surface area contributed by atoms with E-state index in [4.69, 9.17) is 10.8 Å². The summed E-state index contributed by atoms with van der Waals surface area (Å²) in [6.07, 6.45) is 0.360. The SMILES string of the molecule is CC(C(=O)O)C(N)(CC=O)c1ccc([N+](=O)[O-])cc1. The molecule has 0 saturated carbocycles. The molecule has 0 radical (unpaired) electrons. The standard InChI is InChI=1S/C12H14N2O5/c1-8(11(16)17)12(13,6-7-15)9-2-4-10(5-3-9)14(18)19/h2-5,7-8H,6,13H2,1H3,(H,16,17). The molecule has 3 N–H and O–H groups in total. The van der Waals surface area contributed by atoms with Gasteiger partial charge in [0, 0.05) is 18.6 Å². The van der Waals surface area contributed by atoms with E-state index < -0.39 is 22.3 Å². The van der Waals surface area contributed by atoms with Gasteiger partial charge in [-0.05, 0) is 12.5 Å². The summed E-state index contributed by atoms with van der Waals surface area (Å²) in [6.45, 7) is 1.40. The van der Waals surface area contributed by atoms with Gasteiger partial charge in [0.25, 0.3) is 5.69 Å². The summed E-state index contributed by atoms with van der Waals surface area (Å²) in [7, 11) is 0. The number of carboxylic acids is 1. The first-order chi connectivity index (χ1) is 8.82. The molecule has 0 aliphatic heterocycles. The van der Waals surface area contributed by atoms with Gasteiger partial charge in [-0.15, -0.1) is 0 Å². The number of rotatable bonds is 6. The molecule has 102 valence electrons. The minimum atomic E-state index is -1.39. The first kappa shape index (κ1) is 14.8. The van der Waals surface area contributed by atoms with Gasteiger partial charge < -0.3 is 15.6 Å². The number of carboxylic acid groups (broad SMARTS) is 1. The Kier molecular flexibility index (Phi) is 4.34. The van der Waals surface area contributed by atoms with Crippen molar-refractivity contribution in [3.05, 3.63) is 39.9 Å². The Morgan fingerprint density at radius 2 is 2.05 bits per heavy atom. The molecule has 2 atom stereocenters. The molecule has 0 amide bonds.